The minimum absolute atomic E-state index is 0.0430. The second-order valence-electron chi connectivity index (χ2n) is 17.9. The number of para-hydroxylation sites is 1. The molecule has 6 atom stereocenters. The van der Waals surface area contributed by atoms with E-state index >= 15 is 4.79 Å². The summed E-state index contributed by atoms with van der Waals surface area (Å²) in [6.45, 7) is 6.51. The monoisotopic (exact) mass is 883 g/mol. The van der Waals surface area contributed by atoms with Crippen molar-refractivity contribution in [2.45, 2.75) is 89.9 Å². The standard InChI is InChI=1S/C53H61N3O9/c1-7-35-28-54-18-16-36-22-47(60-3)49(62-5)26-41(36)45(54)20-38(35)21-46-42-27-50(63-6)48(61-4)23-37(42)17-19-55(46)53(59)51-24-39(43-29-56(32(2)58)44-11-9-8-10-40(43)44)25-52(65-51)64-31-34-14-12-33(30-57)13-15-34/h8-15,22-24,26-27,29,35,38-39,45-46,52,57H,7,16-21,25,28,30-31H2,1-6H3. The normalized spacial score (nSPS) is 22.8. The first-order chi connectivity index (χ1) is 31.6. The average molecular weight is 884 g/mol. The molecule has 65 heavy (non-hydrogen) atoms. The van der Waals surface area contributed by atoms with E-state index in [9.17, 15) is 9.90 Å². The van der Waals surface area contributed by atoms with Crippen molar-refractivity contribution in [3.05, 3.63) is 130 Å². The van der Waals surface area contributed by atoms with Crippen LogP contribution >= 0.6 is 0 Å². The van der Waals surface area contributed by atoms with Crippen LogP contribution in [0.25, 0.3) is 10.9 Å². The van der Waals surface area contributed by atoms with Gasteiger partial charge in [0.1, 0.15) is 0 Å². The third-order valence-corrected chi connectivity index (χ3v) is 14.5. The molecule has 1 saturated heterocycles. The molecule has 0 aliphatic carbocycles. The first-order valence-electron chi connectivity index (χ1n) is 23.0. The lowest BCUT2D eigenvalue weighted by Gasteiger charge is -2.49. The molecule has 6 unspecified atom stereocenters. The molecule has 12 nitrogen and oxygen atoms in total. The summed E-state index contributed by atoms with van der Waals surface area (Å²) in [6.07, 6.45) is 7.85. The number of allylic oxidation sites excluding steroid dienone is 1. The van der Waals surface area contributed by atoms with Gasteiger partial charge in [0, 0.05) is 56.5 Å². The van der Waals surface area contributed by atoms with Gasteiger partial charge < -0.3 is 38.4 Å². The molecule has 0 bridgehead atoms. The molecule has 342 valence electrons. The summed E-state index contributed by atoms with van der Waals surface area (Å²) < 4.78 is 38.1. The van der Waals surface area contributed by atoms with Crippen molar-refractivity contribution in [3.8, 4) is 23.0 Å². The Labute approximate surface area is 381 Å². The maximum Gasteiger partial charge on any atom is 0.289 e. The highest BCUT2D eigenvalue weighted by molar-refractivity contribution is 5.95. The zero-order chi connectivity index (χ0) is 45.4. The van der Waals surface area contributed by atoms with Crippen LogP contribution in [-0.2, 0) is 40.3 Å². The van der Waals surface area contributed by atoms with Gasteiger partial charge in [-0.15, -0.1) is 0 Å². The number of aromatic nitrogens is 1. The molecule has 4 aliphatic heterocycles. The smallest absolute Gasteiger partial charge is 0.289 e. The van der Waals surface area contributed by atoms with E-state index in [4.69, 9.17) is 28.4 Å². The summed E-state index contributed by atoms with van der Waals surface area (Å²) in [7, 11) is 6.70. The molecule has 4 aliphatic rings. The van der Waals surface area contributed by atoms with E-state index in [1.165, 1.54) is 11.1 Å². The van der Waals surface area contributed by atoms with Crippen LogP contribution in [0.3, 0.4) is 0 Å². The Kier molecular flexibility index (Phi) is 12.9. The number of fused-ring (bicyclic) bond motifs is 5. The number of piperidine rings is 1. The molecule has 1 fully saturated rings. The summed E-state index contributed by atoms with van der Waals surface area (Å²) in [5.74, 6) is 3.18. The molecule has 5 heterocycles. The number of carbonyl (C=O) groups excluding carboxylic acids is 2. The number of hydrogen-bond donors (Lipinski definition) is 1. The Bertz CT molecular complexity index is 2580. The van der Waals surface area contributed by atoms with Crippen LogP contribution in [0.1, 0.15) is 101 Å². The van der Waals surface area contributed by atoms with Crippen LogP contribution in [0.15, 0.2) is 90.8 Å². The zero-order valence-corrected chi connectivity index (χ0v) is 38.4. The Hall–Kier alpha value is -5.82. The third kappa shape index (κ3) is 8.59. The second kappa shape index (κ2) is 19.0. The van der Waals surface area contributed by atoms with E-state index in [1.807, 2.05) is 65.7 Å². The Morgan fingerprint density at radius 1 is 0.769 bits per heavy atom. The molecular weight excluding hydrogens is 823 g/mol. The van der Waals surface area contributed by atoms with E-state index in [1.54, 1.807) is 39.9 Å². The number of methoxy groups -OCH3 is 4. The number of aliphatic hydroxyl groups excluding tert-OH is 1. The predicted octanol–water partition coefficient (Wildman–Crippen LogP) is 8.92. The Morgan fingerprint density at radius 2 is 1.42 bits per heavy atom. The highest BCUT2D eigenvalue weighted by Crippen LogP contribution is 2.50. The van der Waals surface area contributed by atoms with Crippen molar-refractivity contribution in [2.75, 3.05) is 48.1 Å². The molecular formula is C53H61N3O9. The average Bonchev–Trinajstić information content (AvgIpc) is 3.75. The van der Waals surface area contributed by atoms with Crippen LogP contribution in [0.4, 0.5) is 0 Å². The minimum Gasteiger partial charge on any atom is -0.493 e. The fourth-order valence-electron chi connectivity index (χ4n) is 11.0. The minimum atomic E-state index is -0.753. The van der Waals surface area contributed by atoms with Crippen LogP contribution in [0, 0.1) is 11.8 Å². The van der Waals surface area contributed by atoms with Crippen molar-refractivity contribution in [1.82, 2.24) is 14.4 Å². The van der Waals surface area contributed by atoms with Gasteiger partial charge in [-0.3, -0.25) is 19.1 Å². The quantitative estimate of drug-likeness (QED) is 0.123. The van der Waals surface area contributed by atoms with Gasteiger partial charge in [0.25, 0.3) is 5.91 Å². The topological polar surface area (TPSA) is 121 Å². The predicted molar refractivity (Wildman–Crippen MR) is 247 cm³/mol. The van der Waals surface area contributed by atoms with E-state index < -0.39 is 6.29 Å². The molecule has 0 spiro atoms. The number of amides is 1. The third-order valence-electron chi connectivity index (χ3n) is 14.5. The van der Waals surface area contributed by atoms with Crippen molar-refractivity contribution in [2.24, 2.45) is 11.8 Å². The molecule has 5 aromatic rings. The number of aliphatic hydroxyl groups is 1. The molecule has 0 radical (unpaired) electrons. The van der Waals surface area contributed by atoms with Crippen molar-refractivity contribution >= 4 is 22.7 Å². The van der Waals surface area contributed by atoms with Crippen LogP contribution in [0.5, 0.6) is 23.0 Å². The lowest BCUT2D eigenvalue weighted by atomic mass is 9.72. The highest BCUT2D eigenvalue weighted by atomic mass is 16.7. The van der Waals surface area contributed by atoms with Gasteiger partial charge in [-0.05, 0) is 113 Å². The van der Waals surface area contributed by atoms with Crippen molar-refractivity contribution in [3.63, 3.8) is 0 Å². The van der Waals surface area contributed by atoms with Crippen LogP contribution < -0.4 is 18.9 Å². The fourth-order valence-corrected chi connectivity index (χ4v) is 11.0. The molecule has 12 heteroatoms. The van der Waals surface area contributed by atoms with Gasteiger partial charge in [0.2, 0.25) is 12.2 Å². The van der Waals surface area contributed by atoms with Crippen LogP contribution in [-0.4, -0.2) is 85.7 Å². The van der Waals surface area contributed by atoms with Crippen molar-refractivity contribution < 1.29 is 43.1 Å². The van der Waals surface area contributed by atoms with E-state index in [2.05, 4.69) is 36.1 Å². The SMILES string of the molecule is CCC1CN2CCc3cc(OC)c(OC)cc3C2CC1CC1c2cc(OC)c(OC)cc2CCN1C(=O)C1=CC(c2cn(C(C)=O)c3ccccc23)CC(OCc2ccc(CO)cc2)O1. The van der Waals surface area contributed by atoms with Gasteiger partial charge in [-0.2, -0.15) is 0 Å². The summed E-state index contributed by atoms with van der Waals surface area (Å²) >= 11 is 0. The van der Waals surface area contributed by atoms with E-state index in [-0.39, 0.29) is 48.8 Å². The Morgan fingerprint density at radius 3 is 2.09 bits per heavy atom. The number of benzene rings is 4. The van der Waals surface area contributed by atoms with Gasteiger partial charge in [0.15, 0.2) is 28.8 Å². The number of nitrogens with zero attached hydrogens (tertiary/aromatic N) is 3. The summed E-state index contributed by atoms with van der Waals surface area (Å²) in [5, 5.41) is 10.6. The summed E-state index contributed by atoms with van der Waals surface area (Å²) in [4.78, 5) is 33.1. The van der Waals surface area contributed by atoms with E-state index in [0.29, 0.717) is 42.7 Å². The van der Waals surface area contributed by atoms with E-state index in [0.717, 1.165) is 89.0 Å². The summed E-state index contributed by atoms with van der Waals surface area (Å²) in [6, 6.07) is 23.9. The fraction of sp³-hybridized carbons (Fsp3) is 0.434. The van der Waals surface area contributed by atoms with Gasteiger partial charge in [-0.1, -0.05) is 55.8 Å². The highest BCUT2D eigenvalue weighted by Gasteiger charge is 2.43. The van der Waals surface area contributed by atoms with Crippen molar-refractivity contribution in [1.29, 1.82) is 0 Å². The van der Waals surface area contributed by atoms with Gasteiger partial charge in [-0.25, -0.2) is 0 Å². The lowest BCUT2D eigenvalue weighted by Crippen LogP contribution is -2.48. The van der Waals surface area contributed by atoms with Gasteiger partial charge in [0.05, 0.1) is 53.2 Å². The molecule has 4 aromatic carbocycles. The second-order valence-corrected chi connectivity index (χ2v) is 17.9. The lowest BCUT2D eigenvalue weighted by molar-refractivity contribution is -0.158. The van der Waals surface area contributed by atoms with Crippen LogP contribution in [0.2, 0.25) is 0 Å². The largest absolute Gasteiger partial charge is 0.493 e. The van der Waals surface area contributed by atoms with Gasteiger partial charge >= 0.3 is 0 Å². The first-order valence-corrected chi connectivity index (χ1v) is 23.0. The summed E-state index contributed by atoms with van der Waals surface area (Å²) in [5.41, 5.74) is 8.29. The molecule has 9 rings (SSSR count). The number of rotatable bonds is 13. The zero-order valence-electron chi connectivity index (χ0n) is 38.4. The maximum atomic E-state index is 15.5. The molecule has 1 amide bonds. The Balaban J connectivity index is 1.09. The molecule has 1 aromatic heterocycles. The maximum absolute atomic E-state index is 15.5. The number of carbonyl (C=O) groups is 2. The molecule has 0 saturated carbocycles. The number of hydrogen-bond acceptors (Lipinski definition) is 10. The number of ether oxygens (including phenoxy) is 6. The molecule has 1 N–H and O–H groups in total. The first kappa shape index (κ1) is 44.4.